The van der Waals surface area contributed by atoms with Crippen LogP contribution in [0.1, 0.15) is 6.92 Å². The molecule has 18 heavy (non-hydrogen) atoms. The maximum absolute atomic E-state index is 11.2. The summed E-state index contributed by atoms with van der Waals surface area (Å²) in [6.07, 6.45) is 0. The van der Waals surface area contributed by atoms with Crippen molar-refractivity contribution in [1.82, 2.24) is 0 Å². The van der Waals surface area contributed by atoms with E-state index in [0.717, 1.165) is 0 Å². The van der Waals surface area contributed by atoms with Crippen LogP contribution in [0.15, 0.2) is 17.0 Å². The Morgan fingerprint density at radius 3 is 2.44 bits per heavy atom. The molecule has 0 spiro atoms. The number of primary sulfonamides is 1. The first-order valence-corrected chi connectivity index (χ1v) is 7.39. The van der Waals surface area contributed by atoms with Crippen LogP contribution in [0.3, 0.4) is 0 Å². The molecule has 0 aromatic heterocycles. The van der Waals surface area contributed by atoms with E-state index in [1.807, 2.05) is 6.92 Å². The van der Waals surface area contributed by atoms with Crippen molar-refractivity contribution in [2.45, 2.75) is 11.8 Å². The quantitative estimate of drug-likeness (QED) is 0.815. The van der Waals surface area contributed by atoms with Gasteiger partial charge in [0.15, 0.2) is 0 Å². The Hall–Kier alpha value is -0.530. The predicted octanol–water partition coefficient (Wildman–Crippen LogP) is 2.06. The lowest BCUT2D eigenvalue weighted by molar-refractivity contribution is 0.110. The zero-order valence-electron chi connectivity index (χ0n) is 9.65. The van der Waals surface area contributed by atoms with Crippen LogP contribution in [0.2, 0.25) is 10.0 Å². The molecule has 0 bridgehead atoms. The molecule has 1 aromatic carbocycles. The Kier molecular flexibility index (Phi) is 5.68. The van der Waals surface area contributed by atoms with Gasteiger partial charge in [-0.25, -0.2) is 13.6 Å². The maximum Gasteiger partial charge on any atom is 0.239 e. The number of nitrogens with two attached hydrogens (primary N) is 1. The number of hydrogen-bond acceptors (Lipinski definition) is 4. The maximum atomic E-state index is 11.2. The van der Waals surface area contributed by atoms with E-state index in [4.69, 9.17) is 37.8 Å². The first-order chi connectivity index (χ1) is 8.38. The van der Waals surface area contributed by atoms with Gasteiger partial charge in [0.2, 0.25) is 10.0 Å². The molecule has 0 heterocycles. The molecule has 5 nitrogen and oxygen atoms in total. The van der Waals surface area contributed by atoms with Crippen molar-refractivity contribution in [1.29, 1.82) is 0 Å². The van der Waals surface area contributed by atoms with Crippen LogP contribution in [0.25, 0.3) is 0 Å². The summed E-state index contributed by atoms with van der Waals surface area (Å²) in [5, 5.41) is 4.85. The van der Waals surface area contributed by atoms with Crippen molar-refractivity contribution in [3.63, 3.8) is 0 Å². The largest absolute Gasteiger partial charge is 0.490 e. The highest BCUT2D eigenvalue weighted by molar-refractivity contribution is 7.89. The summed E-state index contributed by atoms with van der Waals surface area (Å²) in [5.41, 5.74) is 0. The van der Waals surface area contributed by atoms with Crippen molar-refractivity contribution in [2.24, 2.45) is 5.14 Å². The molecule has 0 aliphatic rings. The van der Waals surface area contributed by atoms with Gasteiger partial charge >= 0.3 is 0 Å². The lowest BCUT2D eigenvalue weighted by Gasteiger charge is -2.10. The fraction of sp³-hybridized carbons (Fsp3) is 0.400. The monoisotopic (exact) mass is 313 g/mol. The van der Waals surface area contributed by atoms with Gasteiger partial charge in [-0.1, -0.05) is 23.2 Å². The fourth-order valence-electron chi connectivity index (χ4n) is 1.20. The second-order valence-corrected chi connectivity index (χ2v) is 5.57. The summed E-state index contributed by atoms with van der Waals surface area (Å²) in [7, 11) is -3.90. The number of hydrogen-bond donors (Lipinski definition) is 1. The Balaban J connectivity index is 2.88. The molecule has 102 valence electrons. The van der Waals surface area contributed by atoms with Gasteiger partial charge < -0.3 is 9.47 Å². The average Bonchev–Trinajstić information content (AvgIpc) is 2.28. The number of rotatable bonds is 6. The summed E-state index contributed by atoms with van der Waals surface area (Å²) >= 11 is 11.7. The molecule has 1 aromatic rings. The van der Waals surface area contributed by atoms with E-state index < -0.39 is 10.0 Å². The predicted molar refractivity (Wildman–Crippen MR) is 69.8 cm³/mol. The second kappa shape index (κ2) is 6.58. The first-order valence-electron chi connectivity index (χ1n) is 5.09. The van der Waals surface area contributed by atoms with E-state index in [1.54, 1.807) is 0 Å². The standard InChI is InChI=1S/C10H13Cl2NO4S/c1-2-16-5-6-17-7-3-4-8(18(13,14)15)10(12)9(7)11/h3-4H,2,5-6H2,1H3,(H2,13,14,15). The minimum absolute atomic E-state index is 0.0136. The number of benzene rings is 1. The zero-order chi connectivity index (χ0) is 13.8. The summed E-state index contributed by atoms with van der Waals surface area (Å²) in [6.45, 7) is 3.15. The Bertz CT molecular complexity index is 519. The van der Waals surface area contributed by atoms with E-state index in [-0.39, 0.29) is 20.7 Å². The van der Waals surface area contributed by atoms with Crippen LogP contribution in [0.4, 0.5) is 0 Å². The average molecular weight is 314 g/mol. The molecule has 0 saturated carbocycles. The number of sulfonamides is 1. The smallest absolute Gasteiger partial charge is 0.239 e. The molecule has 0 amide bonds. The Morgan fingerprint density at radius 1 is 1.22 bits per heavy atom. The topological polar surface area (TPSA) is 78.6 Å². The van der Waals surface area contributed by atoms with E-state index in [0.29, 0.717) is 19.8 Å². The molecule has 0 aliphatic heterocycles. The van der Waals surface area contributed by atoms with Gasteiger partial charge in [0.1, 0.15) is 22.3 Å². The number of ether oxygens (including phenoxy) is 2. The minimum atomic E-state index is -3.90. The normalized spacial score (nSPS) is 11.6. The van der Waals surface area contributed by atoms with E-state index in [9.17, 15) is 8.42 Å². The molecule has 0 unspecified atom stereocenters. The molecule has 2 N–H and O–H groups in total. The minimum Gasteiger partial charge on any atom is -0.490 e. The molecule has 0 atom stereocenters. The van der Waals surface area contributed by atoms with Gasteiger partial charge in [-0.3, -0.25) is 0 Å². The zero-order valence-corrected chi connectivity index (χ0v) is 12.0. The van der Waals surface area contributed by atoms with Crippen LogP contribution in [-0.4, -0.2) is 28.2 Å². The number of halogens is 2. The molecule has 1 rings (SSSR count). The molecular weight excluding hydrogens is 301 g/mol. The molecule has 0 fully saturated rings. The Morgan fingerprint density at radius 2 is 1.89 bits per heavy atom. The van der Waals surface area contributed by atoms with Crippen LogP contribution in [0, 0.1) is 0 Å². The lowest BCUT2D eigenvalue weighted by Crippen LogP contribution is -2.13. The summed E-state index contributed by atoms with van der Waals surface area (Å²) in [4.78, 5) is -0.230. The van der Waals surface area contributed by atoms with Crippen LogP contribution < -0.4 is 9.88 Å². The van der Waals surface area contributed by atoms with Crippen molar-refractivity contribution in [3.8, 4) is 5.75 Å². The summed E-state index contributed by atoms with van der Waals surface area (Å²) < 4.78 is 32.8. The van der Waals surface area contributed by atoms with Crippen molar-refractivity contribution >= 4 is 33.2 Å². The van der Waals surface area contributed by atoms with Gasteiger partial charge in [-0.15, -0.1) is 0 Å². The highest BCUT2D eigenvalue weighted by Crippen LogP contribution is 2.36. The molecular formula is C10H13Cl2NO4S. The van der Waals surface area contributed by atoms with Gasteiger partial charge in [0.05, 0.1) is 11.6 Å². The van der Waals surface area contributed by atoms with Crippen molar-refractivity contribution < 1.29 is 17.9 Å². The van der Waals surface area contributed by atoms with E-state index >= 15 is 0 Å². The highest BCUT2D eigenvalue weighted by Gasteiger charge is 2.18. The van der Waals surface area contributed by atoms with Crippen LogP contribution in [-0.2, 0) is 14.8 Å². The van der Waals surface area contributed by atoms with Gasteiger partial charge in [-0.05, 0) is 19.1 Å². The van der Waals surface area contributed by atoms with E-state index in [1.165, 1.54) is 12.1 Å². The van der Waals surface area contributed by atoms with Crippen LogP contribution in [0.5, 0.6) is 5.75 Å². The second-order valence-electron chi connectivity index (χ2n) is 3.28. The highest BCUT2D eigenvalue weighted by atomic mass is 35.5. The lowest BCUT2D eigenvalue weighted by atomic mass is 10.3. The first kappa shape index (κ1) is 15.5. The third kappa shape index (κ3) is 4.00. The third-order valence-corrected chi connectivity index (χ3v) is 3.94. The van der Waals surface area contributed by atoms with Crippen molar-refractivity contribution in [2.75, 3.05) is 19.8 Å². The van der Waals surface area contributed by atoms with Gasteiger partial charge in [-0.2, -0.15) is 0 Å². The van der Waals surface area contributed by atoms with Gasteiger partial charge in [0.25, 0.3) is 0 Å². The van der Waals surface area contributed by atoms with E-state index in [2.05, 4.69) is 0 Å². The molecule has 0 saturated heterocycles. The molecule has 8 heteroatoms. The summed E-state index contributed by atoms with van der Waals surface area (Å²) in [6, 6.07) is 2.65. The summed E-state index contributed by atoms with van der Waals surface area (Å²) in [5.74, 6) is 0.286. The van der Waals surface area contributed by atoms with Crippen molar-refractivity contribution in [3.05, 3.63) is 22.2 Å². The fourth-order valence-corrected chi connectivity index (χ4v) is 2.56. The Labute approximate surface area is 116 Å². The molecule has 0 radical (unpaired) electrons. The molecule has 0 aliphatic carbocycles. The van der Waals surface area contributed by atoms with Gasteiger partial charge in [0, 0.05) is 6.61 Å². The van der Waals surface area contributed by atoms with Crippen LogP contribution >= 0.6 is 23.2 Å². The SMILES string of the molecule is CCOCCOc1ccc(S(N)(=O)=O)c(Cl)c1Cl. The third-order valence-electron chi connectivity index (χ3n) is 2.01.